The van der Waals surface area contributed by atoms with E-state index in [0.29, 0.717) is 28.6 Å². The van der Waals surface area contributed by atoms with Crippen molar-refractivity contribution in [3.63, 3.8) is 0 Å². The third kappa shape index (κ3) is 3.95. The maximum atomic E-state index is 15.3. The van der Waals surface area contributed by atoms with Crippen LogP contribution in [0.5, 0.6) is 0 Å². The Hall–Kier alpha value is -0.370. The van der Waals surface area contributed by atoms with Crippen LogP contribution in [0, 0.1) is 52.3 Å². The molecule has 2 heteroatoms. The lowest BCUT2D eigenvalue weighted by atomic mass is 9.47. The molecule has 3 saturated carbocycles. The topological polar surface area (TPSA) is 20.2 Å². The minimum Gasteiger partial charge on any atom is -0.393 e. The van der Waals surface area contributed by atoms with Gasteiger partial charge in [-0.1, -0.05) is 59.6 Å². The number of halogens is 1. The quantitative estimate of drug-likeness (QED) is 0.422. The van der Waals surface area contributed by atoms with Crippen LogP contribution in [0.25, 0.3) is 0 Å². The number of rotatable bonds is 6. The standard InChI is InChI=1S/C29H49FO/c1-7-22(18(2)3)27(30)16-19(4)24-10-11-25-23-9-8-20-17-21(31)12-14-28(20,5)26(23)13-15-29(24,25)6/h8,18-19,21-27,31H,7,9-17H2,1-6H3/t19-,21+,22+,23+,24-,25+,26+,27?,28+,29-/m1/s1. The van der Waals surface area contributed by atoms with Crippen LogP contribution in [0.15, 0.2) is 11.6 Å². The fourth-order valence-corrected chi connectivity index (χ4v) is 9.46. The third-order valence-corrected chi connectivity index (χ3v) is 11.2. The Labute approximate surface area is 191 Å². The van der Waals surface area contributed by atoms with Gasteiger partial charge in [0.05, 0.1) is 6.10 Å². The van der Waals surface area contributed by atoms with E-state index in [1.807, 2.05) is 0 Å². The zero-order valence-electron chi connectivity index (χ0n) is 21.2. The van der Waals surface area contributed by atoms with Crippen molar-refractivity contribution in [1.82, 2.24) is 0 Å². The molecule has 0 amide bonds. The van der Waals surface area contributed by atoms with E-state index in [1.54, 1.807) is 5.57 Å². The van der Waals surface area contributed by atoms with Gasteiger partial charge < -0.3 is 5.11 Å². The molecule has 10 atom stereocenters. The van der Waals surface area contributed by atoms with E-state index in [0.717, 1.165) is 43.4 Å². The van der Waals surface area contributed by atoms with Gasteiger partial charge in [0.15, 0.2) is 0 Å². The van der Waals surface area contributed by atoms with Crippen LogP contribution in [0.4, 0.5) is 4.39 Å². The molecule has 0 radical (unpaired) electrons. The number of hydrogen-bond acceptors (Lipinski definition) is 1. The van der Waals surface area contributed by atoms with Crippen LogP contribution in [-0.2, 0) is 0 Å². The molecule has 4 rings (SSSR count). The van der Waals surface area contributed by atoms with E-state index in [1.165, 1.54) is 38.5 Å². The molecule has 1 unspecified atom stereocenters. The van der Waals surface area contributed by atoms with Crippen molar-refractivity contribution in [2.75, 3.05) is 0 Å². The summed E-state index contributed by atoms with van der Waals surface area (Å²) in [5.41, 5.74) is 2.29. The highest BCUT2D eigenvalue weighted by Crippen LogP contribution is 2.67. The molecular formula is C29H49FO. The molecule has 0 saturated heterocycles. The second-order valence-corrected chi connectivity index (χ2v) is 12.9. The SMILES string of the molecule is CC[C@@H](C(C)C)C(F)C[C@@H](C)[C@H]1CC[C@H]2[C@@H]3CC=C4C[C@@H](O)CC[C@]4(C)[C@H]3CC[C@]12C. The predicted molar refractivity (Wildman–Crippen MR) is 128 cm³/mol. The maximum absolute atomic E-state index is 15.3. The molecule has 31 heavy (non-hydrogen) atoms. The van der Waals surface area contributed by atoms with Gasteiger partial charge in [0.2, 0.25) is 0 Å². The summed E-state index contributed by atoms with van der Waals surface area (Å²) >= 11 is 0. The van der Waals surface area contributed by atoms with Gasteiger partial charge >= 0.3 is 0 Å². The van der Waals surface area contributed by atoms with Crippen LogP contribution in [0.3, 0.4) is 0 Å². The molecule has 4 aliphatic carbocycles. The van der Waals surface area contributed by atoms with Crippen molar-refractivity contribution < 1.29 is 9.50 Å². The summed E-state index contributed by atoms with van der Waals surface area (Å²) in [6.45, 7) is 14.0. The zero-order valence-corrected chi connectivity index (χ0v) is 21.2. The minimum atomic E-state index is -0.647. The van der Waals surface area contributed by atoms with Gasteiger partial charge in [-0.2, -0.15) is 0 Å². The first-order valence-corrected chi connectivity index (χ1v) is 13.6. The number of allylic oxidation sites excluding steroid dienone is 1. The van der Waals surface area contributed by atoms with Gasteiger partial charge in [0.1, 0.15) is 6.17 Å². The molecule has 0 aromatic heterocycles. The van der Waals surface area contributed by atoms with Crippen LogP contribution in [0.2, 0.25) is 0 Å². The second-order valence-electron chi connectivity index (χ2n) is 12.9. The average molecular weight is 433 g/mol. The Balaban J connectivity index is 1.49. The van der Waals surface area contributed by atoms with E-state index in [-0.39, 0.29) is 12.0 Å². The highest BCUT2D eigenvalue weighted by molar-refractivity contribution is 5.25. The van der Waals surface area contributed by atoms with Crippen molar-refractivity contribution in [1.29, 1.82) is 0 Å². The van der Waals surface area contributed by atoms with Gasteiger partial charge in [0, 0.05) is 0 Å². The molecule has 1 nitrogen and oxygen atoms in total. The Morgan fingerprint density at radius 1 is 1.06 bits per heavy atom. The number of hydrogen-bond donors (Lipinski definition) is 1. The molecule has 0 bridgehead atoms. The Morgan fingerprint density at radius 2 is 1.81 bits per heavy atom. The summed E-state index contributed by atoms with van der Waals surface area (Å²) in [7, 11) is 0. The molecule has 0 heterocycles. The first-order chi connectivity index (χ1) is 14.6. The van der Waals surface area contributed by atoms with Crippen LogP contribution < -0.4 is 0 Å². The van der Waals surface area contributed by atoms with Crippen molar-refractivity contribution >= 4 is 0 Å². The van der Waals surface area contributed by atoms with Crippen molar-refractivity contribution in [2.24, 2.45) is 52.3 Å². The van der Waals surface area contributed by atoms with Gasteiger partial charge in [-0.25, -0.2) is 4.39 Å². The number of aliphatic hydroxyl groups excluding tert-OH is 1. The van der Waals surface area contributed by atoms with Gasteiger partial charge in [0.25, 0.3) is 0 Å². The van der Waals surface area contributed by atoms with E-state index in [4.69, 9.17) is 0 Å². The Kier molecular flexibility index (Phi) is 6.73. The fourth-order valence-electron chi connectivity index (χ4n) is 9.46. The van der Waals surface area contributed by atoms with Crippen molar-refractivity contribution in [3.8, 4) is 0 Å². The summed E-state index contributed by atoms with van der Waals surface area (Å²) < 4.78 is 15.3. The number of fused-ring (bicyclic) bond motifs is 5. The molecule has 0 aromatic carbocycles. The molecular weight excluding hydrogens is 383 g/mol. The highest BCUT2D eigenvalue weighted by Gasteiger charge is 2.59. The molecule has 0 aliphatic heterocycles. The van der Waals surface area contributed by atoms with Gasteiger partial charge in [-0.3, -0.25) is 0 Å². The monoisotopic (exact) mass is 432 g/mol. The molecule has 0 spiro atoms. The lowest BCUT2D eigenvalue weighted by molar-refractivity contribution is -0.0592. The fraction of sp³-hybridized carbons (Fsp3) is 0.931. The van der Waals surface area contributed by atoms with Crippen LogP contribution in [0.1, 0.15) is 106 Å². The van der Waals surface area contributed by atoms with E-state index >= 15 is 4.39 Å². The van der Waals surface area contributed by atoms with Crippen LogP contribution in [-0.4, -0.2) is 17.4 Å². The van der Waals surface area contributed by atoms with Gasteiger partial charge in [-0.05, 0) is 110 Å². The number of alkyl halides is 1. The average Bonchev–Trinajstić information content (AvgIpc) is 3.06. The lowest BCUT2D eigenvalue weighted by Gasteiger charge is -2.58. The largest absolute Gasteiger partial charge is 0.393 e. The smallest absolute Gasteiger partial charge is 0.103 e. The minimum absolute atomic E-state index is 0.118. The molecule has 0 aromatic rings. The summed E-state index contributed by atoms with van der Waals surface area (Å²) in [5.74, 6) is 4.24. The summed E-state index contributed by atoms with van der Waals surface area (Å²) in [6.07, 6.45) is 13.1. The van der Waals surface area contributed by atoms with Crippen LogP contribution >= 0.6 is 0 Å². The molecule has 178 valence electrons. The van der Waals surface area contributed by atoms with Crippen molar-refractivity contribution in [2.45, 2.75) is 118 Å². The first-order valence-electron chi connectivity index (χ1n) is 13.6. The van der Waals surface area contributed by atoms with Crippen molar-refractivity contribution in [3.05, 3.63) is 11.6 Å². The molecule has 1 N–H and O–H groups in total. The third-order valence-electron chi connectivity index (χ3n) is 11.2. The number of aliphatic hydroxyl groups is 1. The summed E-state index contributed by atoms with van der Waals surface area (Å²) in [4.78, 5) is 0. The van der Waals surface area contributed by atoms with E-state index in [9.17, 15) is 5.11 Å². The molecule has 4 aliphatic rings. The van der Waals surface area contributed by atoms with E-state index < -0.39 is 6.17 Å². The van der Waals surface area contributed by atoms with E-state index in [2.05, 4.69) is 47.6 Å². The first kappa shape index (κ1) is 23.8. The zero-order chi connectivity index (χ0) is 22.6. The maximum Gasteiger partial charge on any atom is 0.103 e. The summed E-state index contributed by atoms with van der Waals surface area (Å²) in [6, 6.07) is 0. The summed E-state index contributed by atoms with van der Waals surface area (Å²) in [5, 5.41) is 10.2. The predicted octanol–water partition coefficient (Wildman–Crippen LogP) is 7.97. The normalized spacial score (nSPS) is 45.3. The highest BCUT2D eigenvalue weighted by atomic mass is 19.1. The van der Waals surface area contributed by atoms with Gasteiger partial charge in [-0.15, -0.1) is 0 Å². The lowest BCUT2D eigenvalue weighted by Crippen LogP contribution is -2.51. The Morgan fingerprint density at radius 3 is 2.48 bits per heavy atom. The molecule has 3 fully saturated rings. The second kappa shape index (κ2) is 8.77. The Bertz CT molecular complexity index is 670.